The van der Waals surface area contributed by atoms with Crippen molar-refractivity contribution < 1.29 is 17.9 Å². The summed E-state index contributed by atoms with van der Waals surface area (Å²) in [6, 6.07) is 10.4. The quantitative estimate of drug-likeness (QED) is 0.612. The summed E-state index contributed by atoms with van der Waals surface area (Å²) in [6.45, 7) is 8.17. The number of aromatic amines is 1. The Morgan fingerprint density at radius 1 is 1.17 bits per heavy atom. The third-order valence-electron chi connectivity index (χ3n) is 5.47. The molecule has 158 valence electrons. The summed E-state index contributed by atoms with van der Waals surface area (Å²) in [5, 5.41) is 0.789. The molecule has 30 heavy (non-hydrogen) atoms. The second-order valence-electron chi connectivity index (χ2n) is 8.62. The van der Waals surface area contributed by atoms with E-state index in [0.29, 0.717) is 41.1 Å². The Morgan fingerprint density at radius 2 is 1.90 bits per heavy atom. The molecular formula is C23H26N2O4S. The van der Waals surface area contributed by atoms with E-state index in [1.54, 1.807) is 43.3 Å². The van der Waals surface area contributed by atoms with Crippen molar-refractivity contribution in [3.8, 4) is 5.75 Å². The van der Waals surface area contributed by atoms with E-state index >= 15 is 0 Å². The first kappa shape index (κ1) is 20.5. The van der Waals surface area contributed by atoms with Crippen molar-refractivity contribution in [3.05, 3.63) is 53.2 Å². The van der Waals surface area contributed by atoms with Crippen LogP contribution >= 0.6 is 0 Å². The van der Waals surface area contributed by atoms with Gasteiger partial charge < -0.3 is 9.72 Å². The minimum Gasteiger partial charge on any atom is -0.492 e. The number of aryl methyl sites for hydroxylation is 1. The van der Waals surface area contributed by atoms with Gasteiger partial charge in [-0.05, 0) is 55.5 Å². The molecular weight excluding hydrogens is 400 g/mol. The van der Waals surface area contributed by atoms with Crippen molar-refractivity contribution in [3.63, 3.8) is 0 Å². The summed E-state index contributed by atoms with van der Waals surface area (Å²) < 4.78 is 34.5. The third kappa shape index (κ3) is 3.58. The molecule has 7 heteroatoms. The van der Waals surface area contributed by atoms with E-state index in [0.717, 1.165) is 17.5 Å². The topological polar surface area (TPSA) is 88.3 Å². The molecule has 0 spiro atoms. The lowest BCUT2D eigenvalue weighted by Crippen LogP contribution is -2.26. The van der Waals surface area contributed by atoms with Crippen LogP contribution in [-0.4, -0.2) is 25.8 Å². The number of aromatic nitrogens is 1. The van der Waals surface area contributed by atoms with E-state index in [9.17, 15) is 13.2 Å². The molecule has 1 aliphatic carbocycles. The molecule has 0 radical (unpaired) electrons. The first-order valence-electron chi connectivity index (χ1n) is 10.0. The van der Waals surface area contributed by atoms with Gasteiger partial charge in [-0.3, -0.25) is 9.52 Å². The van der Waals surface area contributed by atoms with Gasteiger partial charge in [0, 0.05) is 28.6 Å². The summed E-state index contributed by atoms with van der Waals surface area (Å²) in [7, 11) is -3.85. The van der Waals surface area contributed by atoms with Crippen molar-refractivity contribution in [2.24, 2.45) is 5.41 Å². The molecule has 2 aromatic carbocycles. The molecule has 1 heterocycles. The zero-order valence-corrected chi connectivity index (χ0v) is 18.4. The minimum atomic E-state index is -3.85. The van der Waals surface area contributed by atoms with Crippen LogP contribution in [0.25, 0.3) is 10.9 Å². The number of carbonyl (C=O) groups is 1. The molecule has 6 nitrogen and oxygen atoms in total. The van der Waals surface area contributed by atoms with Crippen molar-refractivity contribution in [1.82, 2.24) is 4.98 Å². The second-order valence-corrected chi connectivity index (χ2v) is 10.3. The maximum Gasteiger partial charge on any atom is 0.262 e. The van der Waals surface area contributed by atoms with Gasteiger partial charge in [-0.25, -0.2) is 8.42 Å². The molecule has 1 aliphatic rings. The molecule has 3 aromatic rings. The number of Topliss-reactive ketones (excluding diaryl/α,β-unsaturated/α-hetero) is 1. The van der Waals surface area contributed by atoms with E-state index in [4.69, 9.17) is 4.74 Å². The van der Waals surface area contributed by atoms with Crippen LogP contribution in [0.3, 0.4) is 0 Å². The van der Waals surface area contributed by atoms with Gasteiger partial charge in [0.2, 0.25) is 0 Å². The Morgan fingerprint density at radius 3 is 2.63 bits per heavy atom. The second kappa shape index (κ2) is 7.16. The van der Waals surface area contributed by atoms with Gasteiger partial charge in [0.05, 0.1) is 17.2 Å². The zero-order valence-electron chi connectivity index (χ0n) is 17.6. The molecule has 1 aromatic heterocycles. The van der Waals surface area contributed by atoms with Crippen LogP contribution in [0.4, 0.5) is 5.69 Å². The number of nitrogens with one attached hydrogen (secondary N) is 2. The van der Waals surface area contributed by atoms with Gasteiger partial charge in [0.1, 0.15) is 5.75 Å². The fourth-order valence-corrected chi connectivity index (χ4v) is 5.55. The number of para-hydroxylation sites is 2. The highest BCUT2D eigenvalue weighted by Gasteiger charge is 2.34. The smallest absolute Gasteiger partial charge is 0.262 e. The Kier molecular flexibility index (Phi) is 4.89. The van der Waals surface area contributed by atoms with Crippen molar-refractivity contribution >= 4 is 32.4 Å². The van der Waals surface area contributed by atoms with Gasteiger partial charge in [0.25, 0.3) is 10.0 Å². The summed E-state index contributed by atoms with van der Waals surface area (Å²) in [5.41, 5.74) is 3.11. The molecule has 0 atom stereocenters. The fraction of sp³-hybridized carbons (Fsp3) is 0.348. The lowest BCUT2D eigenvalue weighted by atomic mass is 9.76. The number of rotatable bonds is 5. The number of benzene rings is 2. The maximum atomic E-state index is 13.2. The van der Waals surface area contributed by atoms with Gasteiger partial charge in [0.15, 0.2) is 5.78 Å². The lowest BCUT2D eigenvalue weighted by Gasteiger charge is -2.28. The number of ether oxygens (including phenoxy) is 1. The van der Waals surface area contributed by atoms with Crippen molar-refractivity contribution in [1.29, 1.82) is 0 Å². The highest BCUT2D eigenvalue weighted by atomic mass is 32.2. The minimum absolute atomic E-state index is 0.103. The summed E-state index contributed by atoms with van der Waals surface area (Å²) in [4.78, 5) is 16.2. The van der Waals surface area contributed by atoms with Crippen LogP contribution < -0.4 is 9.46 Å². The van der Waals surface area contributed by atoms with Gasteiger partial charge in [-0.2, -0.15) is 0 Å². The number of fused-ring (bicyclic) bond motifs is 3. The number of H-pyrrole nitrogens is 1. The van der Waals surface area contributed by atoms with Gasteiger partial charge in [-0.15, -0.1) is 0 Å². The molecule has 0 saturated carbocycles. The first-order chi connectivity index (χ1) is 14.1. The Labute approximate surface area is 176 Å². The molecule has 0 aliphatic heterocycles. The van der Waals surface area contributed by atoms with Crippen LogP contribution in [0.5, 0.6) is 5.75 Å². The number of carbonyl (C=O) groups excluding carboxylic acids is 1. The molecule has 2 N–H and O–H groups in total. The van der Waals surface area contributed by atoms with Crippen LogP contribution in [0.2, 0.25) is 0 Å². The number of hydrogen-bond acceptors (Lipinski definition) is 4. The first-order valence-corrected chi connectivity index (χ1v) is 11.5. The van der Waals surface area contributed by atoms with E-state index < -0.39 is 10.0 Å². The van der Waals surface area contributed by atoms with E-state index in [1.807, 2.05) is 6.92 Å². The molecule has 0 amide bonds. The predicted octanol–water partition coefficient (Wildman–Crippen LogP) is 4.83. The van der Waals surface area contributed by atoms with Crippen molar-refractivity contribution in [2.45, 2.75) is 45.4 Å². The average Bonchev–Trinajstić information content (AvgIpc) is 2.98. The van der Waals surface area contributed by atoms with Gasteiger partial charge >= 0.3 is 0 Å². The molecule has 0 bridgehead atoms. The Hall–Kier alpha value is -2.80. The van der Waals surface area contributed by atoms with Crippen LogP contribution in [0.1, 0.15) is 48.8 Å². The molecule has 0 fully saturated rings. The van der Waals surface area contributed by atoms with E-state index in [1.165, 1.54) is 0 Å². The van der Waals surface area contributed by atoms with Crippen molar-refractivity contribution in [2.75, 3.05) is 11.3 Å². The summed E-state index contributed by atoms with van der Waals surface area (Å²) in [5.74, 6) is 0.580. The molecule has 0 unspecified atom stereocenters. The average molecular weight is 427 g/mol. The van der Waals surface area contributed by atoms with E-state index in [-0.39, 0.29) is 16.1 Å². The zero-order chi connectivity index (χ0) is 21.7. The van der Waals surface area contributed by atoms with Crippen LogP contribution in [-0.2, 0) is 16.4 Å². The van der Waals surface area contributed by atoms with Gasteiger partial charge in [-0.1, -0.05) is 26.0 Å². The number of ketones is 1. The summed E-state index contributed by atoms with van der Waals surface area (Å²) >= 11 is 0. The molecule has 0 saturated heterocycles. The Bertz CT molecular complexity index is 1260. The SMILES string of the molecule is CCOc1ccccc1NS(=O)(=O)c1cc2[nH]c3c(c2cc1C)C(=O)CC(C)(C)C3. The largest absolute Gasteiger partial charge is 0.492 e. The maximum absolute atomic E-state index is 13.2. The highest BCUT2D eigenvalue weighted by molar-refractivity contribution is 7.92. The highest BCUT2D eigenvalue weighted by Crippen LogP contribution is 2.39. The van der Waals surface area contributed by atoms with E-state index in [2.05, 4.69) is 23.6 Å². The van der Waals surface area contributed by atoms with Crippen LogP contribution in [0, 0.1) is 12.3 Å². The predicted molar refractivity (Wildman–Crippen MR) is 118 cm³/mol. The van der Waals surface area contributed by atoms with Crippen LogP contribution in [0.15, 0.2) is 41.3 Å². The standard InChI is InChI=1S/C23H26N2O4S/c1-5-29-20-9-7-6-8-16(20)25-30(27,28)21-11-17-15(10-14(21)2)22-18(24-17)12-23(3,4)13-19(22)26/h6-11,24-25H,5,12-13H2,1-4H3. The number of anilines is 1. The monoisotopic (exact) mass is 426 g/mol. The summed E-state index contributed by atoms with van der Waals surface area (Å²) in [6.07, 6.45) is 1.24. The normalized spacial score (nSPS) is 15.8. The third-order valence-corrected chi connectivity index (χ3v) is 6.97. The number of sulfonamides is 1. The lowest BCUT2D eigenvalue weighted by molar-refractivity contribution is 0.0913. The Balaban J connectivity index is 1.78. The number of hydrogen-bond donors (Lipinski definition) is 2. The molecule has 4 rings (SSSR count). The fourth-order valence-electron chi connectivity index (χ4n) is 4.22.